The first-order valence-electron chi connectivity index (χ1n) is 12.2. The van der Waals surface area contributed by atoms with E-state index in [0.29, 0.717) is 19.4 Å². The van der Waals surface area contributed by atoms with Gasteiger partial charge in [-0.1, -0.05) is 80.3 Å². The van der Waals surface area contributed by atoms with Gasteiger partial charge in [0.2, 0.25) is 11.8 Å². The van der Waals surface area contributed by atoms with Crippen LogP contribution in [0.5, 0.6) is 0 Å². The number of hydrogen-bond donors (Lipinski definition) is 1. The largest absolute Gasteiger partial charge is 0.352 e. The number of carbonyl (C=O) groups is 2. The lowest BCUT2D eigenvalue weighted by Crippen LogP contribution is -2.52. The van der Waals surface area contributed by atoms with Crippen molar-refractivity contribution in [3.05, 3.63) is 70.8 Å². The van der Waals surface area contributed by atoms with E-state index in [2.05, 4.69) is 35.6 Å². The Bertz CT molecular complexity index is 888. The molecule has 2 aromatic carbocycles. The maximum absolute atomic E-state index is 13.5. The fourth-order valence-corrected chi connectivity index (χ4v) is 4.70. The van der Waals surface area contributed by atoms with E-state index in [4.69, 9.17) is 0 Å². The summed E-state index contributed by atoms with van der Waals surface area (Å²) in [5.41, 5.74) is 4.49. The van der Waals surface area contributed by atoms with Crippen LogP contribution >= 0.6 is 0 Å². The van der Waals surface area contributed by atoms with Crippen molar-refractivity contribution in [1.29, 1.82) is 0 Å². The number of benzene rings is 2. The number of carbonyl (C=O) groups excluding carboxylic acids is 2. The van der Waals surface area contributed by atoms with E-state index in [9.17, 15) is 9.59 Å². The summed E-state index contributed by atoms with van der Waals surface area (Å²) in [5, 5.41) is 3.25. The fraction of sp³-hybridized carbons (Fsp3) is 0.500. The number of hydrogen-bond acceptors (Lipinski definition) is 2. The van der Waals surface area contributed by atoms with E-state index in [0.717, 1.165) is 36.0 Å². The highest BCUT2D eigenvalue weighted by Crippen LogP contribution is 2.19. The van der Waals surface area contributed by atoms with Crippen LogP contribution in [0.3, 0.4) is 0 Å². The highest BCUT2D eigenvalue weighted by molar-refractivity contribution is 5.88. The van der Waals surface area contributed by atoms with Crippen molar-refractivity contribution in [1.82, 2.24) is 10.2 Å². The van der Waals surface area contributed by atoms with Crippen molar-refractivity contribution in [2.24, 2.45) is 0 Å². The molecule has 1 aliphatic rings. The molecule has 1 saturated carbocycles. The molecule has 1 N–H and O–H groups in total. The van der Waals surface area contributed by atoms with Gasteiger partial charge in [-0.2, -0.15) is 0 Å². The van der Waals surface area contributed by atoms with E-state index in [1.54, 1.807) is 0 Å². The number of nitrogens with zero attached hydrogens (tertiary/aromatic N) is 1. The average Bonchev–Trinajstić information content (AvgIpc) is 2.80. The molecule has 4 nitrogen and oxygen atoms in total. The Kier molecular flexibility index (Phi) is 8.90. The molecule has 1 atom stereocenters. The van der Waals surface area contributed by atoms with Crippen LogP contribution in [0, 0.1) is 13.8 Å². The molecule has 0 aromatic heterocycles. The number of aryl methyl sites for hydroxylation is 2. The third-order valence-electron chi connectivity index (χ3n) is 6.67. The van der Waals surface area contributed by atoms with Crippen molar-refractivity contribution in [3.63, 3.8) is 0 Å². The quantitative estimate of drug-likeness (QED) is 0.594. The first kappa shape index (κ1) is 24.0. The third kappa shape index (κ3) is 6.69. The van der Waals surface area contributed by atoms with Crippen LogP contribution in [0.2, 0.25) is 0 Å². The lowest BCUT2D eigenvalue weighted by Gasteiger charge is -2.33. The lowest BCUT2D eigenvalue weighted by molar-refractivity contribution is -0.140. The van der Waals surface area contributed by atoms with Crippen LogP contribution in [0.1, 0.15) is 67.7 Å². The molecule has 3 rings (SSSR count). The molecule has 172 valence electrons. The Morgan fingerprint density at radius 2 is 1.75 bits per heavy atom. The molecule has 32 heavy (non-hydrogen) atoms. The standard InChI is InChI=1S/C28H38N2O2/c1-4-26(28(32)29-25-13-9-6-10-14-25)30(18-17-23-11-7-5-8-12-23)27(31)20-24-19-21(2)15-16-22(24)3/h5,7-8,11-12,15-16,19,25-26H,4,6,9-10,13-14,17-18,20H2,1-3H3,(H,29,32)/t26-/m0/s1. The maximum atomic E-state index is 13.5. The van der Waals surface area contributed by atoms with Gasteiger partial charge in [0, 0.05) is 12.6 Å². The minimum atomic E-state index is -0.432. The summed E-state index contributed by atoms with van der Waals surface area (Å²) in [6, 6.07) is 16.2. The first-order chi connectivity index (χ1) is 15.5. The van der Waals surface area contributed by atoms with E-state index in [-0.39, 0.29) is 17.9 Å². The first-order valence-corrected chi connectivity index (χ1v) is 12.2. The molecular formula is C28H38N2O2. The number of amides is 2. The molecule has 1 fully saturated rings. The molecule has 0 spiro atoms. The van der Waals surface area contributed by atoms with Gasteiger partial charge in [0.15, 0.2) is 0 Å². The number of nitrogens with one attached hydrogen (secondary N) is 1. The summed E-state index contributed by atoms with van der Waals surface area (Å²) in [7, 11) is 0. The van der Waals surface area contributed by atoms with Gasteiger partial charge >= 0.3 is 0 Å². The van der Waals surface area contributed by atoms with Crippen LogP contribution in [-0.2, 0) is 22.4 Å². The highest BCUT2D eigenvalue weighted by atomic mass is 16.2. The second kappa shape index (κ2) is 11.8. The van der Waals surface area contributed by atoms with Crippen LogP contribution in [-0.4, -0.2) is 35.3 Å². The zero-order chi connectivity index (χ0) is 22.9. The molecule has 2 amide bonds. The Morgan fingerprint density at radius 3 is 2.44 bits per heavy atom. The zero-order valence-corrected chi connectivity index (χ0v) is 19.9. The minimum absolute atomic E-state index is 0.00164. The Hall–Kier alpha value is -2.62. The molecule has 0 saturated heterocycles. The van der Waals surface area contributed by atoms with Crippen molar-refractivity contribution in [2.75, 3.05) is 6.54 Å². The minimum Gasteiger partial charge on any atom is -0.352 e. The molecule has 4 heteroatoms. The number of rotatable bonds is 9. The highest BCUT2D eigenvalue weighted by Gasteiger charge is 2.30. The summed E-state index contributed by atoms with van der Waals surface area (Å²) >= 11 is 0. The average molecular weight is 435 g/mol. The molecular weight excluding hydrogens is 396 g/mol. The molecule has 1 aliphatic carbocycles. The zero-order valence-electron chi connectivity index (χ0n) is 19.9. The van der Waals surface area contributed by atoms with Gasteiger partial charge in [-0.3, -0.25) is 9.59 Å². The van der Waals surface area contributed by atoms with Crippen molar-refractivity contribution < 1.29 is 9.59 Å². The van der Waals surface area contributed by atoms with Gasteiger partial charge in [0.25, 0.3) is 0 Å². The van der Waals surface area contributed by atoms with Gasteiger partial charge in [0.05, 0.1) is 6.42 Å². The monoisotopic (exact) mass is 434 g/mol. The smallest absolute Gasteiger partial charge is 0.243 e. The predicted octanol–water partition coefficient (Wildman–Crippen LogP) is 5.14. The van der Waals surface area contributed by atoms with E-state index < -0.39 is 6.04 Å². The van der Waals surface area contributed by atoms with Crippen molar-refractivity contribution in [3.8, 4) is 0 Å². The van der Waals surface area contributed by atoms with Gasteiger partial charge in [-0.05, 0) is 56.2 Å². The molecule has 0 radical (unpaired) electrons. The van der Waals surface area contributed by atoms with Crippen LogP contribution in [0.25, 0.3) is 0 Å². The molecule has 0 aliphatic heterocycles. The van der Waals surface area contributed by atoms with Crippen LogP contribution < -0.4 is 5.32 Å². The molecule has 0 heterocycles. The summed E-state index contributed by atoms with van der Waals surface area (Å²) in [5.74, 6) is 0.0297. The van der Waals surface area contributed by atoms with Crippen molar-refractivity contribution in [2.45, 2.75) is 84.2 Å². The second-order valence-corrected chi connectivity index (χ2v) is 9.20. The molecule has 0 unspecified atom stereocenters. The van der Waals surface area contributed by atoms with Gasteiger partial charge in [-0.25, -0.2) is 0 Å². The topological polar surface area (TPSA) is 49.4 Å². The molecule has 2 aromatic rings. The van der Waals surface area contributed by atoms with Crippen molar-refractivity contribution >= 4 is 11.8 Å². The predicted molar refractivity (Wildman–Crippen MR) is 131 cm³/mol. The summed E-state index contributed by atoms with van der Waals surface area (Å²) in [4.78, 5) is 28.6. The van der Waals surface area contributed by atoms with Crippen LogP contribution in [0.4, 0.5) is 0 Å². The van der Waals surface area contributed by atoms with E-state index >= 15 is 0 Å². The van der Waals surface area contributed by atoms with Crippen LogP contribution in [0.15, 0.2) is 48.5 Å². The van der Waals surface area contributed by atoms with E-state index in [1.807, 2.05) is 43.9 Å². The van der Waals surface area contributed by atoms with Gasteiger partial charge < -0.3 is 10.2 Å². The Balaban J connectivity index is 1.77. The summed E-state index contributed by atoms with van der Waals surface area (Å²) < 4.78 is 0. The lowest BCUT2D eigenvalue weighted by atomic mass is 9.95. The third-order valence-corrected chi connectivity index (χ3v) is 6.67. The Labute approximate surface area is 193 Å². The summed E-state index contributed by atoms with van der Waals surface area (Å²) in [6.45, 7) is 6.65. The Morgan fingerprint density at radius 1 is 1.03 bits per heavy atom. The maximum Gasteiger partial charge on any atom is 0.243 e. The molecule has 0 bridgehead atoms. The second-order valence-electron chi connectivity index (χ2n) is 9.20. The van der Waals surface area contributed by atoms with E-state index in [1.165, 1.54) is 24.8 Å². The van der Waals surface area contributed by atoms with Gasteiger partial charge in [-0.15, -0.1) is 0 Å². The normalized spacial score (nSPS) is 15.2. The SMILES string of the molecule is CC[C@@H](C(=O)NC1CCCCC1)N(CCc1ccccc1)C(=O)Cc1cc(C)ccc1C. The van der Waals surface area contributed by atoms with Gasteiger partial charge in [0.1, 0.15) is 6.04 Å². The summed E-state index contributed by atoms with van der Waals surface area (Å²) in [6.07, 6.45) is 7.37. The fourth-order valence-electron chi connectivity index (χ4n) is 4.70.